The van der Waals surface area contributed by atoms with Crippen LogP contribution in [-0.2, 0) is 32.6 Å². The number of amides is 1. The summed E-state index contributed by atoms with van der Waals surface area (Å²) in [6, 6.07) is 9.98. The summed E-state index contributed by atoms with van der Waals surface area (Å²) in [6.45, 7) is 0.407. The van der Waals surface area contributed by atoms with Gasteiger partial charge in [0.25, 0.3) is 0 Å². The second-order valence-electron chi connectivity index (χ2n) is 7.63. The number of aryl methyl sites for hydroxylation is 1. The van der Waals surface area contributed by atoms with Gasteiger partial charge >= 0.3 is 5.97 Å². The minimum atomic E-state index is -4.04. The summed E-state index contributed by atoms with van der Waals surface area (Å²) in [5, 5.41) is 12.4. The van der Waals surface area contributed by atoms with Gasteiger partial charge in [0.1, 0.15) is 6.04 Å². The number of aliphatic carboxylic acids is 1. The van der Waals surface area contributed by atoms with Crippen molar-refractivity contribution in [3.63, 3.8) is 0 Å². The summed E-state index contributed by atoms with van der Waals surface area (Å²) >= 11 is 12.3. The van der Waals surface area contributed by atoms with Crippen molar-refractivity contribution in [3.8, 4) is 0 Å². The molecule has 0 radical (unpaired) electrons. The number of nitrogens with one attached hydrogen (secondary N) is 1. The van der Waals surface area contributed by atoms with Crippen molar-refractivity contribution in [2.45, 2.75) is 49.6 Å². The van der Waals surface area contributed by atoms with Crippen molar-refractivity contribution in [3.05, 3.63) is 63.6 Å². The number of nitrogens with zero attached hydrogens (tertiary/aromatic N) is 1. The lowest BCUT2D eigenvalue weighted by Gasteiger charge is -2.29. The molecule has 0 spiro atoms. The Balaban J connectivity index is 1.96. The molecule has 1 saturated heterocycles. The predicted molar refractivity (Wildman–Crippen MR) is 122 cm³/mol. The molecule has 2 aromatic carbocycles. The highest BCUT2D eigenvalue weighted by Crippen LogP contribution is 2.28. The molecule has 2 N–H and O–H groups in total. The molecule has 0 bridgehead atoms. The van der Waals surface area contributed by atoms with Gasteiger partial charge in [-0.15, -0.1) is 0 Å². The maximum atomic E-state index is 13.6. The van der Waals surface area contributed by atoms with Gasteiger partial charge < -0.3 is 10.4 Å². The number of hydrogen-bond donors (Lipinski definition) is 2. The lowest BCUT2D eigenvalue weighted by molar-refractivity contribution is -0.137. The Hall–Kier alpha value is -2.13. The average Bonchev–Trinajstić information content (AvgIpc) is 2.96. The van der Waals surface area contributed by atoms with E-state index in [-0.39, 0.29) is 23.8 Å². The average molecular weight is 499 g/mol. The van der Waals surface area contributed by atoms with Crippen molar-refractivity contribution in [1.82, 2.24) is 9.62 Å². The lowest BCUT2D eigenvalue weighted by Crippen LogP contribution is -2.48. The quantitative estimate of drug-likeness (QED) is 0.574. The van der Waals surface area contributed by atoms with E-state index in [9.17, 15) is 18.0 Å². The van der Waals surface area contributed by atoms with Crippen LogP contribution in [0.15, 0.2) is 47.4 Å². The van der Waals surface area contributed by atoms with Gasteiger partial charge in [-0.25, -0.2) is 8.42 Å². The summed E-state index contributed by atoms with van der Waals surface area (Å²) < 4.78 is 28.3. The number of sulfonamides is 1. The minimum absolute atomic E-state index is 0.0327. The van der Waals surface area contributed by atoms with Crippen LogP contribution in [0.2, 0.25) is 10.0 Å². The molecule has 0 unspecified atom stereocenters. The maximum Gasteiger partial charge on any atom is 0.303 e. The maximum absolute atomic E-state index is 13.6. The van der Waals surface area contributed by atoms with Crippen LogP contribution >= 0.6 is 23.2 Å². The summed E-state index contributed by atoms with van der Waals surface area (Å²) in [6.07, 6.45) is 2.16. The lowest BCUT2D eigenvalue weighted by atomic mass is 10.1. The van der Waals surface area contributed by atoms with E-state index in [1.807, 2.05) is 0 Å². The van der Waals surface area contributed by atoms with Gasteiger partial charge in [-0.1, -0.05) is 35.3 Å². The van der Waals surface area contributed by atoms with Crippen LogP contribution in [0.25, 0.3) is 0 Å². The van der Waals surface area contributed by atoms with Crippen molar-refractivity contribution in [2.75, 3.05) is 6.54 Å². The Morgan fingerprint density at radius 1 is 1.12 bits per heavy atom. The smallest absolute Gasteiger partial charge is 0.303 e. The van der Waals surface area contributed by atoms with Crippen LogP contribution in [0.4, 0.5) is 0 Å². The number of hydrogen-bond acceptors (Lipinski definition) is 4. The first kappa shape index (κ1) is 24.5. The molecule has 1 aliphatic rings. The third kappa shape index (κ3) is 6.01. The molecular formula is C22H24Cl2N2O5S. The van der Waals surface area contributed by atoms with Gasteiger partial charge in [-0.3, -0.25) is 9.59 Å². The Morgan fingerprint density at radius 3 is 2.50 bits per heavy atom. The first-order chi connectivity index (χ1) is 15.2. The third-order valence-corrected chi connectivity index (χ3v) is 7.82. The number of carboxylic acids is 1. The van der Waals surface area contributed by atoms with Gasteiger partial charge in [-0.2, -0.15) is 4.31 Å². The van der Waals surface area contributed by atoms with Crippen LogP contribution in [0.3, 0.4) is 0 Å². The molecule has 1 aliphatic heterocycles. The number of benzene rings is 2. The molecule has 1 amide bonds. The summed E-state index contributed by atoms with van der Waals surface area (Å²) in [4.78, 5) is 23.6. The zero-order chi connectivity index (χ0) is 23.3. The van der Waals surface area contributed by atoms with Gasteiger partial charge in [0, 0.05) is 29.6 Å². The standard InChI is InChI=1S/C22H24Cl2N2O5S/c23-17-7-9-18(10-8-17)32(30,31)26(20-3-1-2-12-25-22(20)29)14-16-6-4-15(13-19(16)24)5-11-21(27)28/h4,6-10,13,20H,1-3,5,11-12,14H2,(H,25,29)(H,27,28)/t20-/m1/s1. The predicted octanol–water partition coefficient (Wildman–Crippen LogP) is 3.87. The molecule has 0 aromatic heterocycles. The Kier molecular flexibility index (Phi) is 8.16. The van der Waals surface area contributed by atoms with E-state index < -0.39 is 22.0 Å². The topological polar surface area (TPSA) is 104 Å². The zero-order valence-corrected chi connectivity index (χ0v) is 19.6. The van der Waals surface area contributed by atoms with Crippen molar-refractivity contribution in [1.29, 1.82) is 0 Å². The molecule has 1 fully saturated rings. The van der Waals surface area contributed by atoms with Gasteiger partial charge in [-0.05, 0) is 67.1 Å². The van der Waals surface area contributed by atoms with Crippen molar-refractivity contribution < 1.29 is 23.1 Å². The molecule has 7 nitrogen and oxygen atoms in total. The fourth-order valence-electron chi connectivity index (χ4n) is 3.60. The van der Waals surface area contributed by atoms with Crippen molar-refractivity contribution >= 4 is 45.1 Å². The highest BCUT2D eigenvalue weighted by Gasteiger charge is 2.36. The van der Waals surface area contributed by atoms with E-state index in [4.69, 9.17) is 28.3 Å². The molecule has 0 aliphatic carbocycles. The molecule has 2 aromatic rings. The first-order valence-corrected chi connectivity index (χ1v) is 12.4. The fraction of sp³-hybridized carbons (Fsp3) is 0.364. The second kappa shape index (κ2) is 10.7. The number of rotatable bonds is 8. The van der Waals surface area contributed by atoms with E-state index in [1.165, 1.54) is 28.6 Å². The van der Waals surface area contributed by atoms with Gasteiger partial charge in [0.05, 0.1) is 4.90 Å². The highest BCUT2D eigenvalue weighted by molar-refractivity contribution is 7.89. The summed E-state index contributed by atoms with van der Waals surface area (Å²) in [5.41, 5.74) is 1.26. The van der Waals surface area contributed by atoms with Crippen LogP contribution in [0, 0.1) is 0 Å². The summed E-state index contributed by atoms with van der Waals surface area (Å²) in [7, 11) is -4.04. The van der Waals surface area contributed by atoms with Crippen LogP contribution < -0.4 is 5.32 Å². The van der Waals surface area contributed by atoms with Crippen LogP contribution in [0.5, 0.6) is 0 Å². The number of carbonyl (C=O) groups excluding carboxylic acids is 1. The van der Waals surface area contributed by atoms with Gasteiger partial charge in [0.2, 0.25) is 15.9 Å². The molecule has 32 heavy (non-hydrogen) atoms. The molecule has 1 atom stereocenters. The van der Waals surface area contributed by atoms with E-state index in [0.29, 0.717) is 41.4 Å². The Bertz CT molecular complexity index is 1090. The SMILES string of the molecule is O=C(O)CCc1ccc(CN([C@@H]2CCCCNC2=O)S(=O)(=O)c2ccc(Cl)cc2)c(Cl)c1. The highest BCUT2D eigenvalue weighted by atomic mass is 35.5. The molecule has 0 saturated carbocycles. The monoisotopic (exact) mass is 498 g/mol. The van der Waals surface area contributed by atoms with Crippen LogP contribution in [-0.4, -0.2) is 42.3 Å². The molecule has 1 heterocycles. The molecule has 3 rings (SSSR count). The van der Waals surface area contributed by atoms with Crippen molar-refractivity contribution in [2.24, 2.45) is 0 Å². The van der Waals surface area contributed by atoms with E-state index in [2.05, 4.69) is 5.32 Å². The Labute approximate surface area is 197 Å². The molecule has 172 valence electrons. The van der Waals surface area contributed by atoms with E-state index in [1.54, 1.807) is 18.2 Å². The number of halogens is 2. The second-order valence-corrected chi connectivity index (χ2v) is 10.4. The number of carbonyl (C=O) groups is 2. The summed E-state index contributed by atoms with van der Waals surface area (Å²) in [5.74, 6) is -1.25. The van der Waals surface area contributed by atoms with E-state index >= 15 is 0 Å². The zero-order valence-electron chi connectivity index (χ0n) is 17.3. The van der Waals surface area contributed by atoms with Crippen LogP contribution in [0.1, 0.15) is 36.8 Å². The van der Waals surface area contributed by atoms with Gasteiger partial charge in [0.15, 0.2) is 0 Å². The minimum Gasteiger partial charge on any atom is -0.481 e. The largest absolute Gasteiger partial charge is 0.481 e. The third-order valence-electron chi connectivity index (χ3n) is 5.35. The molecular weight excluding hydrogens is 475 g/mol. The first-order valence-electron chi connectivity index (χ1n) is 10.2. The Morgan fingerprint density at radius 2 is 1.84 bits per heavy atom. The number of carboxylic acid groups (broad SMARTS) is 1. The molecule has 10 heteroatoms. The fourth-order valence-corrected chi connectivity index (χ4v) is 5.58. The van der Waals surface area contributed by atoms with E-state index in [0.717, 1.165) is 12.0 Å². The normalized spacial score (nSPS) is 17.1.